The van der Waals surface area contributed by atoms with Crippen LogP contribution >= 0.6 is 0 Å². The van der Waals surface area contributed by atoms with Crippen LogP contribution in [0.4, 0.5) is 11.4 Å². The van der Waals surface area contributed by atoms with Gasteiger partial charge in [0.2, 0.25) is 0 Å². The molecule has 1 amide bonds. The van der Waals surface area contributed by atoms with E-state index in [4.69, 9.17) is 14.7 Å². The zero-order valence-corrected chi connectivity index (χ0v) is 14.3. The van der Waals surface area contributed by atoms with Crippen molar-refractivity contribution in [3.63, 3.8) is 0 Å². The van der Waals surface area contributed by atoms with E-state index < -0.39 is 10.8 Å². The van der Waals surface area contributed by atoms with Gasteiger partial charge in [0.1, 0.15) is 30.5 Å². The molecule has 0 saturated carbocycles. The second-order valence-electron chi connectivity index (χ2n) is 5.63. The van der Waals surface area contributed by atoms with Gasteiger partial charge in [-0.1, -0.05) is 12.1 Å². The third-order valence-electron chi connectivity index (χ3n) is 3.82. The molecular formula is C19H12N4O5. The van der Waals surface area contributed by atoms with E-state index in [0.717, 1.165) is 0 Å². The van der Waals surface area contributed by atoms with Crippen molar-refractivity contribution in [1.29, 1.82) is 10.5 Å². The Balaban J connectivity index is 1.90. The first-order valence-corrected chi connectivity index (χ1v) is 8.03. The predicted octanol–water partition coefficient (Wildman–Crippen LogP) is 2.78. The smallest absolute Gasteiger partial charge is 0.296 e. The SMILES string of the molecule is N#C/C(=C\c1ccc(C#N)cc1)C(=O)Nc1cc2c(cc1[N+](=O)[O-])OCCO2. The lowest BCUT2D eigenvalue weighted by molar-refractivity contribution is -0.384. The molecule has 0 bridgehead atoms. The molecule has 9 nitrogen and oxygen atoms in total. The monoisotopic (exact) mass is 376 g/mol. The van der Waals surface area contributed by atoms with Crippen LogP contribution in [-0.4, -0.2) is 24.0 Å². The predicted molar refractivity (Wildman–Crippen MR) is 97.5 cm³/mol. The molecule has 0 saturated heterocycles. The molecule has 0 spiro atoms. The minimum Gasteiger partial charge on any atom is -0.486 e. The molecule has 0 unspecified atom stereocenters. The van der Waals surface area contributed by atoms with Gasteiger partial charge in [-0.3, -0.25) is 14.9 Å². The third kappa shape index (κ3) is 3.89. The Labute approximate surface area is 159 Å². The maximum Gasteiger partial charge on any atom is 0.296 e. The number of ether oxygens (including phenoxy) is 2. The lowest BCUT2D eigenvalue weighted by atomic mass is 10.1. The fourth-order valence-corrected chi connectivity index (χ4v) is 2.49. The number of carbonyl (C=O) groups excluding carboxylic acids is 1. The van der Waals surface area contributed by atoms with Gasteiger partial charge >= 0.3 is 0 Å². The van der Waals surface area contributed by atoms with Crippen LogP contribution in [0, 0.1) is 32.8 Å². The van der Waals surface area contributed by atoms with Crippen molar-refractivity contribution in [2.45, 2.75) is 0 Å². The summed E-state index contributed by atoms with van der Waals surface area (Å²) in [5.74, 6) is -0.335. The van der Waals surface area contributed by atoms with Gasteiger partial charge in [0.05, 0.1) is 22.6 Å². The van der Waals surface area contributed by atoms with Crippen LogP contribution in [0.15, 0.2) is 42.0 Å². The van der Waals surface area contributed by atoms with E-state index in [-0.39, 0.29) is 41.7 Å². The van der Waals surface area contributed by atoms with Gasteiger partial charge in [-0.2, -0.15) is 10.5 Å². The molecule has 1 heterocycles. The zero-order chi connectivity index (χ0) is 20.1. The maximum atomic E-state index is 12.5. The molecule has 1 aliphatic rings. The Bertz CT molecular complexity index is 1060. The largest absolute Gasteiger partial charge is 0.486 e. The van der Waals surface area contributed by atoms with Crippen molar-refractivity contribution in [2.24, 2.45) is 0 Å². The Hall–Kier alpha value is -4.37. The number of rotatable bonds is 4. The maximum absolute atomic E-state index is 12.5. The molecule has 0 aromatic heterocycles. The molecule has 2 aromatic carbocycles. The summed E-state index contributed by atoms with van der Waals surface area (Å²) in [6, 6.07) is 12.4. The van der Waals surface area contributed by atoms with E-state index in [1.807, 2.05) is 6.07 Å². The first-order chi connectivity index (χ1) is 13.5. The summed E-state index contributed by atoms with van der Waals surface area (Å²) >= 11 is 0. The Morgan fingerprint density at radius 3 is 2.36 bits per heavy atom. The van der Waals surface area contributed by atoms with Crippen LogP contribution in [0.2, 0.25) is 0 Å². The molecule has 0 radical (unpaired) electrons. The number of hydrogen-bond acceptors (Lipinski definition) is 7. The van der Waals surface area contributed by atoms with E-state index in [1.165, 1.54) is 18.2 Å². The van der Waals surface area contributed by atoms with E-state index in [2.05, 4.69) is 5.32 Å². The van der Waals surface area contributed by atoms with Gasteiger partial charge in [-0.25, -0.2) is 0 Å². The number of anilines is 1. The summed E-state index contributed by atoms with van der Waals surface area (Å²) in [6.45, 7) is 0.544. The topological polar surface area (TPSA) is 138 Å². The summed E-state index contributed by atoms with van der Waals surface area (Å²) in [4.78, 5) is 23.1. The van der Waals surface area contributed by atoms with Gasteiger partial charge in [-0.15, -0.1) is 0 Å². The van der Waals surface area contributed by atoms with Gasteiger partial charge in [0.15, 0.2) is 11.5 Å². The molecular weight excluding hydrogens is 364 g/mol. The summed E-state index contributed by atoms with van der Waals surface area (Å²) < 4.78 is 10.7. The van der Waals surface area contributed by atoms with Crippen LogP contribution in [-0.2, 0) is 4.79 Å². The van der Waals surface area contributed by atoms with Gasteiger partial charge in [0, 0.05) is 6.07 Å². The second-order valence-corrected chi connectivity index (χ2v) is 5.63. The number of carbonyl (C=O) groups is 1. The summed E-state index contributed by atoms with van der Waals surface area (Å²) in [7, 11) is 0. The highest BCUT2D eigenvalue weighted by atomic mass is 16.6. The van der Waals surface area contributed by atoms with Crippen LogP contribution < -0.4 is 14.8 Å². The first kappa shape index (κ1) is 18.4. The molecule has 0 aliphatic carbocycles. The Morgan fingerprint density at radius 1 is 1.14 bits per heavy atom. The number of nitrogens with one attached hydrogen (secondary N) is 1. The van der Waals surface area contributed by atoms with Gasteiger partial charge < -0.3 is 14.8 Å². The number of nitriles is 2. The molecule has 3 rings (SSSR count). The Morgan fingerprint density at radius 2 is 1.79 bits per heavy atom. The van der Waals surface area contributed by atoms with Crippen LogP contribution in [0.5, 0.6) is 11.5 Å². The second kappa shape index (κ2) is 7.89. The highest BCUT2D eigenvalue weighted by Gasteiger charge is 2.24. The number of nitro benzene ring substituents is 1. The fraction of sp³-hybridized carbons (Fsp3) is 0.105. The molecule has 9 heteroatoms. The third-order valence-corrected chi connectivity index (χ3v) is 3.82. The van der Waals surface area contributed by atoms with Crippen LogP contribution in [0.25, 0.3) is 6.08 Å². The standard InChI is InChI=1S/C19H12N4O5/c20-10-13-3-1-12(2-4-13)7-14(11-21)19(24)22-15-8-17-18(28-6-5-27-17)9-16(15)23(25)26/h1-4,7-9H,5-6H2,(H,22,24)/b14-7+. The number of nitro groups is 1. The first-order valence-electron chi connectivity index (χ1n) is 8.03. The molecule has 0 fully saturated rings. The van der Waals surface area contributed by atoms with Crippen LogP contribution in [0.1, 0.15) is 11.1 Å². The molecule has 2 aromatic rings. The molecule has 1 aliphatic heterocycles. The fourth-order valence-electron chi connectivity index (χ4n) is 2.49. The average Bonchev–Trinajstić information content (AvgIpc) is 2.71. The Kier molecular flexibility index (Phi) is 5.19. The van der Waals surface area contributed by atoms with Crippen molar-refractivity contribution < 1.29 is 19.2 Å². The van der Waals surface area contributed by atoms with Crippen molar-refractivity contribution in [3.8, 4) is 23.6 Å². The molecule has 138 valence electrons. The minimum absolute atomic E-state index is 0.111. The number of benzene rings is 2. The van der Waals surface area contributed by atoms with Crippen molar-refractivity contribution >= 4 is 23.4 Å². The minimum atomic E-state index is -0.813. The lowest BCUT2D eigenvalue weighted by Gasteiger charge is -2.19. The highest BCUT2D eigenvalue weighted by Crippen LogP contribution is 2.39. The molecule has 28 heavy (non-hydrogen) atoms. The average molecular weight is 376 g/mol. The van der Waals surface area contributed by atoms with Crippen molar-refractivity contribution in [2.75, 3.05) is 18.5 Å². The van der Waals surface area contributed by atoms with Crippen LogP contribution in [0.3, 0.4) is 0 Å². The number of nitrogens with zero attached hydrogens (tertiary/aromatic N) is 3. The quantitative estimate of drug-likeness (QED) is 0.375. The van der Waals surface area contributed by atoms with Gasteiger partial charge in [0.25, 0.3) is 11.6 Å². The van der Waals surface area contributed by atoms with E-state index in [0.29, 0.717) is 11.1 Å². The summed E-state index contributed by atoms with van der Waals surface area (Å²) in [5, 5.41) is 31.8. The van der Waals surface area contributed by atoms with Crippen molar-refractivity contribution in [1.82, 2.24) is 0 Å². The number of amides is 1. The van der Waals surface area contributed by atoms with E-state index in [9.17, 15) is 20.2 Å². The molecule has 0 atom stereocenters. The number of hydrogen-bond donors (Lipinski definition) is 1. The summed E-state index contributed by atoms with van der Waals surface area (Å²) in [5.41, 5.74) is 0.219. The zero-order valence-electron chi connectivity index (χ0n) is 14.3. The van der Waals surface area contributed by atoms with E-state index >= 15 is 0 Å². The molecule has 1 N–H and O–H groups in total. The van der Waals surface area contributed by atoms with E-state index in [1.54, 1.807) is 30.3 Å². The van der Waals surface area contributed by atoms with Gasteiger partial charge in [-0.05, 0) is 23.8 Å². The highest BCUT2D eigenvalue weighted by molar-refractivity contribution is 6.10. The van der Waals surface area contributed by atoms with Crippen molar-refractivity contribution in [3.05, 3.63) is 63.2 Å². The normalized spacial score (nSPS) is 12.4. The number of fused-ring (bicyclic) bond motifs is 1. The summed E-state index contributed by atoms with van der Waals surface area (Å²) in [6.07, 6.45) is 1.32. The lowest BCUT2D eigenvalue weighted by Crippen LogP contribution is -2.18.